The molecule has 0 aliphatic carbocycles. The number of hydrogen-bond acceptors (Lipinski definition) is 1. The van der Waals surface area contributed by atoms with Gasteiger partial charge >= 0.3 is 0 Å². The molecule has 1 aromatic rings. The number of aliphatic hydroxyl groups excluding tert-OH is 1. The van der Waals surface area contributed by atoms with Crippen LogP contribution in [0, 0.1) is 0 Å². The van der Waals surface area contributed by atoms with Gasteiger partial charge in [-0.25, -0.2) is 0 Å². The molecule has 1 unspecified atom stereocenters. The first-order chi connectivity index (χ1) is 7.34. The highest BCUT2D eigenvalue weighted by molar-refractivity contribution is 5.06. The monoisotopic (exact) mass is 209 g/mol. The summed E-state index contributed by atoms with van der Waals surface area (Å²) in [6, 6.07) is 3.88. The molecule has 0 aromatic carbocycles. The minimum Gasteiger partial charge on any atom is -0.387 e. The lowest BCUT2D eigenvalue weighted by Gasteiger charge is -2.08. The van der Waals surface area contributed by atoms with Gasteiger partial charge in [-0.1, -0.05) is 45.4 Å². The van der Waals surface area contributed by atoms with Gasteiger partial charge in [-0.3, -0.25) is 0 Å². The molecule has 0 saturated carbocycles. The highest BCUT2D eigenvalue weighted by Crippen LogP contribution is 2.18. The molecule has 0 fully saturated rings. The van der Waals surface area contributed by atoms with E-state index in [0.29, 0.717) is 0 Å². The third-order valence-corrected chi connectivity index (χ3v) is 2.81. The number of aromatic amines is 1. The SMILES string of the molecule is CCCCCCCCC(O)c1ccc[nH]1. The van der Waals surface area contributed by atoms with Crippen LogP contribution in [0.15, 0.2) is 18.3 Å². The highest BCUT2D eigenvalue weighted by Gasteiger charge is 2.06. The summed E-state index contributed by atoms with van der Waals surface area (Å²) < 4.78 is 0. The van der Waals surface area contributed by atoms with Crippen LogP contribution < -0.4 is 0 Å². The maximum absolute atomic E-state index is 9.78. The van der Waals surface area contributed by atoms with Crippen LogP contribution in [-0.4, -0.2) is 10.1 Å². The Kier molecular flexibility index (Phi) is 6.17. The van der Waals surface area contributed by atoms with E-state index in [1.165, 1.54) is 32.1 Å². The van der Waals surface area contributed by atoms with E-state index in [1.54, 1.807) is 0 Å². The third kappa shape index (κ3) is 5.03. The zero-order valence-corrected chi connectivity index (χ0v) is 9.71. The smallest absolute Gasteiger partial charge is 0.0937 e. The molecular weight excluding hydrogens is 186 g/mol. The van der Waals surface area contributed by atoms with Gasteiger partial charge in [0.1, 0.15) is 0 Å². The Morgan fingerprint density at radius 3 is 2.60 bits per heavy atom. The minimum atomic E-state index is -0.300. The van der Waals surface area contributed by atoms with Gasteiger partial charge < -0.3 is 10.1 Å². The second kappa shape index (κ2) is 7.52. The van der Waals surface area contributed by atoms with E-state index in [9.17, 15) is 5.11 Å². The molecule has 0 aliphatic heterocycles. The summed E-state index contributed by atoms with van der Waals surface area (Å²) in [4.78, 5) is 3.05. The van der Waals surface area contributed by atoms with Gasteiger partial charge in [-0.15, -0.1) is 0 Å². The van der Waals surface area contributed by atoms with Crippen LogP contribution in [0.4, 0.5) is 0 Å². The van der Waals surface area contributed by atoms with Crippen molar-refractivity contribution in [1.29, 1.82) is 0 Å². The van der Waals surface area contributed by atoms with Crippen LogP contribution >= 0.6 is 0 Å². The quantitative estimate of drug-likeness (QED) is 0.628. The Morgan fingerprint density at radius 1 is 1.20 bits per heavy atom. The first-order valence-corrected chi connectivity index (χ1v) is 6.16. The molecule has 0 aliphatic rings. The molecule has 2 N–H and O–H groups in total. The van der Waals surface area contributed by atoms with Gasteiger partial charge in [-0.2, -0.15) is 0 Å². The summed E-state index contributed by atoms with van der Waals surface area (Å²) in [5, 5.41) is 9.78. The fraction of sp³-hybridized carbons (Fsp3) is 0.692. The Labute approximate surface area is 92.7 Å². The molecule has 86 valence electrons. The topological polar surface area (TPSA) is 36.0 Å². The normalized spacial score (nSPS) is 12.9. The molecule has 2 heteroatoms. The lowest BCUT2D eigenvalue weighted by atomic mass is 10.1. The molecule has 0 radical (unpaired) electrons. The summed E-state index contributed by atoms with van der Waals surface area (Å²) in [5.41, 5.74) is 0.948. The molecule has 0 spiro atoms. The highest BCUT2D eigenvalue weighted by atomic mass is 16.3. The minimum absolute atomic E-state index is 0.300. The molecule has 0 saturated heterocycles. The van der Waals surface area contributed by atoms with E-state index < -0.39 is 0 Å². The van der Waals surface area contributed by atoms with Crippen LogP contribution in [-0.2, 0) is 0 Å². The number of aromatic nitrogens is 1. The van der Waals surface area contributed by atoms with Crippen LogP contribution in [0.2, 0.25) is 0 Å². The van der Waals surface area contributed by atoms with Crippen molar-refractivity contribution in [1.82, 2.24) is 4.98 Å². The van der Waals surface area contributed by atoms with Gasteiger partial charge in [0.15, 0.2) is 0 Å². The summed E-state index contributed by atoms with van der Waals surface area (Å²) in [5.74, 6) is 0. The van der Waals surface area contributed by atoms with Crippen molar-refractivity contribution >= 4 is 0 Å². The molecule has 1 heterocycles. The predicted molar refractivity (Wildman–Crippen MR) is 63.7 cm³/mol. The first-order valence-electron chi connectivity index (χ1n) is 6.16. The van der Waals surface area contributed by atoms with Crippen molar-refractivity contribution in [2.24, 2.45) is 0 Å². The Bertz CT molecular complexity index is 231. The molecule has 1 atom stereocenters. The standard InChI is InChI=1S/C13H23NO/c1-2-3-4-5-6-7-10-13(15)12-9-8-11-14-12/h8-9,11,13-15H,2-7,10H2,1H3. The predicted octanol–water partition coefficient (Wildman–Crippen LogP) is 3.80. The number of hydrogen-bond donors (Lipinski definition) is 2. The van der Waals surface area contributed by atoms with Crippen molar-refractivity contribution in [3.05, 3.63) is 24.0 Å². The number of nitrogens with one attached hydrogen (secondary N) is 1. The second-order valence-electron chi connectivity index (χ2n) is 4.20. The van der Waals surface area contributed by atoms with Crippen molar-refractivity contribution in [2.75, 3.05) is 0 Å². The number of aliphatic hydroxyl groups is 1. The van der Waals surface area contributed by atoms with E-state index in [0.717, 1.165) is 18.5 Å². The van der Waals surface area contributed by atoms with E-state index in [2.05, 4.69) is 11.9 Å². The van der Waals surface area contributed by atoms with Crippen molar-refractivity contribution in [3.63, 3.8) is 0 Å². The Balaban J connectivity index is 2.00. The zero-order chi connectivity index (χ0) is 10.9. The average molecular weight is 209 g/mol. The maximum Gasteiger partial charge on any atom is 0.0937 e. The van der Waals surface area contributed by atoms with Gasteiger partial charge in [0.25, 0.3) is 0 Å². The van der Waals surface area contributed by atoms with Crippen molar-refractivity contribution < 1.29 is 5.11 Å². The maximum atomic E-state index is 9.78. The molecule has 1 rings (SSSR count). The van der Waals surface area contributed by atoms with Crippen LogP contribution in [0.25, 0.3) is 0 Å². The molecule has 2 nitrogen and oxygen atoms in total. The second-order valence-corrected chi connectivity index (χ2v) is 4.20. The Morgan fingerprint density at radius 2 is 1.93 bits per heavy atom. The number of unbranched alkanes of at least 4 members (excludes halogenated alkanes) is 5. The lowest BCUT2D eigenvalue weighted by molar-refractivity contribution is 0.159. The van der Waals surface area contributed by atoms with E-state index in [-0.39, 0.29) is 6.10 Å². The van der Waals surface area contributed by atoms with Gasteiger partial charge in [0, 0.05) is 11.9 Å². The third-order valence-electron chi connectivity index (χ3n) is 2.81. The van der Waals surface area contributed by atoms with Crippen LogP contribution in [0.5, 0.6) is 0 Å². The summed E-state index contributed by atoms with van der Waals surface area (Å²) in [7, 11) is 0. The van der Waals surface area contributed by atoms with Crippen molar-refractivity contribution in [3.8, 4) is 0 Å². The van der Waals surface area contributed by atoms with Gasteiger partial charge in [0.05, 0.1) is 6.10 Å². The Hall–Kier alpha value is -0.760. The summed E-state index contributed by atoms with van der Waals surface area (Å²) >= 11 is 0. The summed E-state index contributed by atoms with van der Waals surface area (Å²) in [6.07, 6.45) is 10.1. The first kappa shape index (κ1) is 12.3. The van der Waals surface area contributed by atoms with E-state index >= 15 is 0 Å². The van der Waals surface area contributed by atoms with E-state index in [4.69, 9.17) is 0 Å². The average Bonchev–Trinajstić information content (AvgIpc) is 2.76. The molecular formula is C13H23NO. The summed E-state index contributed by atoms with van der Waals surface area (Å²) in [6.45, 7) is 2.23. The fourth-order valence-electron chi connectivity index (χ4n) is 1.83. The van der Waals surface area contributed by atoms with Crippen LogP contribution in [0.1, 0.15) is 63.7 Å². The number of H-pyrrole nitrogens is 1. The van der Waals surface area contributed by atoms with Crippen molar-refractivity contribution in [2.45, 2.75) is 58.0 Å². The van der Waals surface area contributed by atoms with Crippen LogP contribution in [0.3, 0.4) is 0 Å². The molecule has 0 bridgehead atoms. The molecule has 0 amide bonds. The number of rotatable bonds is 8. The van der Waals surface area contributed by atoms with E-state index in [1.807, 2.05) is 18.3 Å². The van der Waals surface area contributed by atoms with Gasteiger partial charge in [0.2, 0.25) is 0 Å². The molecule has 1 aromatic heterocycles. The zero-order valence-electron chi connectivity index (χ0n) is 9.71. The molecule has 15 heavy (non-hydrogen) atoms. The fourth-order valence-corrected chi connectivity index (χ4v) is 1.83. The van der Waals surface area contributed by atoms with Gasteiger partial charge in [-0.05, 0) is 18.6 Å². The lowest BCUT2D eigenvalue weighted by Crippen LogP contribution is -1.97. The largest absolute Gasteiger partial charge is 0.387 e.